The van der Waals surface area contributed by atoms with E-state index in [9.17, 15) is 9.59 Å². The van der Waals surface area contributed by atoms with E-state index in [0.717, 1.165) is 31.8 Å². The van der Waals surface area contributed by atoms with Crippen molar-refractivity contribution in [2.45, 2.75) is 59.3 Å². The fourth-order valence-corrected chi connectivity index (χ4v) is 2.10. The molecule has 0 N–H and O–H groups in total. The Morgan fingerprint density at radius 2 is 1.81 bits per heavy atom. The van der Waals surface area contributed by atoms with Crippen LogP contribution in [0.15, 0.2) is 0 Å². The molecule has 0 rings (SSSR count). The average molecular weight is 226 g/mol. The van der Waals surface area contributed by atoms with E-state index in [4.69, 9.17) is 0 Å². The van der Waals surface area contributed by atoms with Crippen LogP contribution in [0, 0.1) is 17.8 Å². The van der Waals surface area contributed by atoms with Crippen LogP contribution in [0.1, 0.15) is 59.3 Å². The number of carbonyl (C=O) groups is 2. The summed E-state index contributed by atoms with van der Waals surface area (Å²) in [7, 11) is 0. The summed E-state index contributed by atoms with van der Waals surface area (Å²) in [6.07, 6.45) is 8.07. The van der Waals surface area contributed by atoms with Crippen LogP contribution in [0.3, 0.4) is 0 Å². The van der Waals surface area contributed by atoms with Crippen LogP contribution in [-0.2, 0) is 9.59 Å². The maximum Gasteiger partial charge on any atom is 0.123 e. The van der Waals surface area contributed by atoms with E-state index in [1.165, 1.54) is 12.8 Å². The maximum atomic E-state index is 11.0. The second-order valence-corrected chi connectivity index (χ2v) is 5.00. The summed E-state index contributed by atoms with van der Waals surface area (Å²) in [4.78, 5) is 21.3. The molecular formula is C14H26O2. The second kappa shape index (κ2) is 9.56. The molecule has 2 nitrogen and oxygen atoms in total. The van der Waals surface area contributed by atoms with Gasteiger partial charge in [0, 0.05) is 12.3 Å². The molecule has 0 bridgehead atoms. The summed E-state index contributed by atoms with van der Waals surface area (Å²) in [5, 5.41) is 0. The SMILES string of the molecule is CCCCC(C)C(C=O)CC(C)CCC=O. The molecular weight excluding hydrogens is 200 g/mol. The van der Waals surface area contributed by atoms with Gasteiger partial charge in [-0.15, -0.1) is 0 Å². The van der Waals surface area contributed by atoms with Gasteiger partial charge in [-0.2, -0.15) is 0 Å². The number of unbranched alkanes of at least 4 members (excludes halogenated alkanes) is 1. The lowest BCUT2D eigenvalue weighted by Gasteiger charge is -2.21. The number of aldehydes is 2. The average Bonchev–Trinajstić information content (AvgIpc) is 2.30. The normalized spacial score (nSPS) is 16.4. The Hall–Kier alpha value is -0.660. The smallest absolute Gasteiger partial charge is 0.123 e. The lowest BCUT2D eigenvalue weighted by atomic mass is 9.83. The molecule has 0 heterocycles. The third kappa shape index (κ3) is 6.76. The van der Waals surface area contributed by atoms with Crippen molar-refractivity contribution in [1.29, 1.82) is 0 Å². The van der Waals surface area contributed by atoms with Gasteiger partial charge in [-0.3, -0.25) is 0 Å². The summed E-state index contributed by atoms with van der Waals surface area (Å²) in [6, 6.07) is 0. The highest BCUT2D eigenvalue weighted by Gasteiger charge is 2.18. The van der Waals surface area contributed by atoms with Crippen molar-refractivity contribution in [3.63, 3.8) is 0 Å². The molecule has 0 aromatic rings. The summed E-state index contributed by atoms with van der Waals surface area (Å²) >= 11 is 0. The van der Waals surface area contributed by atoms with Gasteiger partial charge in [0.25, 0.3) is 0 Å². The van der Waals surface area contributed by atoms with Crippen molar-refractivity contribution in [3.05, 3.63) is 0 Å². The number of carbonyl (C=O) groups excluding carboxylic acids is 2. The van der Waals surface area contributed by atoms with E-state index in [2.05, 4.69) is 20.8 Å². The molecule has 94 valence electrons. The van der Waals surface area contributed by atoms with Crippen LogP contribution in [0.2, 0.25) is 0 Å². The minimum absolute atomic E-state index is 0.174. The third-order valence-electron chi connectivity index (χ3n) is 3.37. The van der Waals surface area contributed by atoms with E-state index >= 15 is 0 Å². The molecule has 3 atom stereocenters. The number of hydrogen-bond acceptors (Lipinski definition) is 2. The Balaban J connectivity index is 3.96. The van der Waals surface area contributed by atoms with Gasteiger partial charge in [0.1, 0.15) is 12.6 Å². The predicted octanol–water partition coefficient (Wildman–Crippen LogP) is 3.63. The van der Waals surface area contributed by atoms with Gasteiger partial charge >= 0.3 is 0 Å². The van der Waals surface area contributed by atoms with Gasteiger partial charge in [0.2, 0.25) is 0 Å². The lowest BCUT2D eigenvalue weighted by molar-refractivity contribution is -0.113. The first kappa shape index (κ1) is 15.3. The van der Waals surface area contributed by atoms with Gasteiger partial charge in [0.05, 0.1) is 0 Å². The van der Waals surface area contributed by atoms with Gasteiger partial charge in [-0.05, 0) is 24.7 Å². The summed E-state index contributed by atoms with van der Waals surface area (Å²) in [6.45, 7) is 6.48. The van der Waals surface area contributed by atoms with Gasteiger partial charge < -0.3 is 9.59 Å². The number of rotatable bonds is 10. The first-order valence-corrected chi connectivity index (χ1v) is 6.54. The molecule has 2 heteroatoms. The Morgan fingerprint density at radius 1 is 1.12 bits per heavy atom. The van der Waals surface area contributed by atoms with E-state index in [-0.39, 0.29) is 5.92 Å². The lowest BCUT2D eigenvalue weighted by Crippen LogP contribution is -2.16. The van der Waals surface area contributed by atoms with E-state index < -0.39 is 0 Å². The van der Waals surface area contributed by atoms with Crippen molar-refractivity contribution in [1.82, 2.24) is 0 Å². The number of hydrogen-bond donors (Lipinski definition) is 0. The van der Waals surface area contributed by atoms with Crippen LogP contribution < -0.4 is 0 Å². The van der Waals surface area contributed by atoms with Crippen molar-refractivity contribution in [2.24, 2.45) is 17.8 Å². The van der Waals surface area contributed by atoms with Crippen LogP contribution >= 0.6 is 0 Å². The van der Waals surface area contributed by atoms with E-state index in [0.29, 0.717) is 18.3 Å². The molecule has 0 radical (unpaired) electrons. The van der Waals surface area contributed by atoms with E-state index in [1.54, 1.807) is 0 Å². The van der Waals surface area contributed by atoms with Crippen LogP contribution in [0.5, 0.6) is 0 Å². The zero-order chi connectivity index (χ0) is 12.4. The molecule has 0 aliphatic rings. The fourth-order valence-electron chi connectivity index (χ4n) is 2.10. The quantitative estimate of drug-likeness (QED) is 0.533. The summed E-state index contributed by atoms with van der Waals surface area (Å²) < 4.78 is 0. The Kier molecular flexibility index (Phi) is 9.16. The second-order valence-electron chi connectivity index (χ2n) is 5.00. The third-order valence-corrected chi connectivity index (χ3v) is 3.37. The first-order chi connectivity index (χ1) is 7.65. The molecule has 0 aromatic carbocycles. The minimum Gasteiger partial charge on any atom is -0.303 e. The standard InChI is InChI=1S/C14H26O2/c1-4-5-8-13(3)14(11-16)10-12(2)7-6-9-15/h9,11-14H,4-8,10H2,1-3H3. The molecule has 0 spiro atoms. The molecule has 0 saturated carbocycles. The van der Waals surface area contributed by atoms with Crippen molar-refractivity contribution < 1.29 is 9.59 Å². The highest BCUT2D eigenvalue weighted by molar-refractivity contribution is 5.54. The largest absolute Gasteiger partial charge is 0.303 e. The van der Waals surface area contributed by atoms with Gasteiger partial charge in [-0.1, -0.05) is 40.0 Å². The van der Waals surface area contributed by atoms with Crippen LogP contribution in [0.25, 0.3) is 0 Å². The zero-order valence-electron chi connectivity index (χ0n) is 10.9. The van der Waals surface area contributed by atoms with Crippen LogP contribution in [0.4, 0.5) is 0 Å². The first-order valence-electron chi connectivity index (χ1n) is 6.54. The van der Waals surface area contributed by atoms with Crippen molar-refractivity contribution in [2.75, 3.05) is 0 Å². The predicted molar refractivity (Wildman–Crippen MR) is 67.3 cm³/mol. The zero-order valence-corrected chi connectivity index (χ0v) is 10.9. The Morgan fingerprint density at radius 3 is 2.31 bits per heavy atom. The molecule has 0 aliphatic carbocycles. The summed E-state index contributed by atoms with van der Waals surface area (Å²) in [5.74, 6) is 1.13. The highest BCUT2D eigenvalue weighted by Crippen LogP contribution is 2.25. The molecule has 0 fully saturated rings. The monoisotopic (exact) mass is 226 g/mol. The van der Waals surface area contributed by atoms with Crippen LogP contribution in [-0.4, -0.2) is 12.6 Å². The molecule has 16 heavy (non-hydrogen) atoms. The molecule has 0 saturated heterocycles. The minimum atomic E-state index is 0.174. The fraction of sp³-hybridized carbons (Fsp3) is 0.857. The Labute approximate surface area is 99.8 Å². The highest BCUT2D eigenvalue weighted by atomic mass is 16.1. The molecule has 0 aromatic heterocycles. The molecule has 0 amide bonds. The molecule has 3 unspecified atom stereocenters. The maximum absolute atomic E-state index is 11.0. The van der Waals surface area contributed by atoms with Gasteiger partial charge in [0.15, 0.2) is 0 Å². The molecule has 0 aliphatic heterocycles. The van der Waals surface area contributed by atoms with Crippen molar-refractivity contribution in [3.8, 4) is 0 Å². The topological polar surface area (TPSA) is 34.1 Å². The van der Waals surface area contributed by atoms with Crippen molar-refractivity contribution >= 4 is 12.6 Å². The summed E-state index contributed by atoms with van der Waals surface area (Å²) in [5.41, 5.74) is 0. The Bertz CT molecular complexity index is 189. The van der Waals surface area contributed by atoms with E-state index in [1.807, 2.05) is 0 Å². The van der Waals surface area contributed by atoms with Gasteiger partial charge in [-0.25, -0.2) is 0 Å².